The maximum atomic E-state index is 14.5. The van der Waals surface area contributed by atoms with Crippen LogP contribution in [0.3, 0.4) is 0 Å². The number of hydrogen-bond donors (Lipinski definition) is 2. The van der Waals surface area contributed by atoms with Crippen LogP contribution in [0.4, 0.5) is 10.2 Å². The van der Waals surface area contributed by atoms with Crippen LogP contribution in [0.2, 0.25) is 5.02 Å². The van der Waals surface area contributed by atoms with Gasteiger partial charge in [-0.15, -0.1) is 0 Å². The van der Waals surface area contributed by atoms with Crippen LogP contribution in [0.5, 0.6) is 0 Å². The minimum Gasteiger partial charge on any atom is -0.481 e. The molecule has 0 aliphatic rings. The Hall–Kier alpha value is -2.73. The quantitative estimate of drug-likeness (QED) is 0.453. The third kappa shape index (κ3) is 5.05. The SMILES string of the molecule is Cc1ccc(-c2ccc(F)c3ncnc(NC(C)CCC(C)CC(=O)O)c23)cc1Cl. The molecule has 0 saturated heterocycles. The molecule has 0 spiro atoms. The number of aryl methyl sites for hydroxylation is 1. The van der Waals surface area contributed by atoms with Gasteiger partial charge in [0, 0.05) is 17.5 Å². The number of aliphatic carboxylic acids is 1. The van der Waals surface area contributed by atoms with Crippen molar-refractivity contribution in [2.24, 2.45) is 5.92 Å². The van der Waals surface area contributed by atoms with E-state index in [2.05, 4.69) is 15.3 Å². The van der Waals surface area contributed by atoms with Crippen molar-refractivity contribution in [3.05, 3.63) is 53.1 Å². The smallest absolute Gasteiger partial charge is 0.303 e. The molecule has 3 aromatic rings. The van der Waals surface area contributed by atoms with Crippen molar-refractivity contribution in [3.8, 4) is 11.1 Å². The molecular formula is C23H25ClFN3O2. The van der Waals surface area contributed by atoms with Crippen LogP contribution in [0.25, 0.3) is 22.0 Å². The highest BCUT2D eigenvalue weighted by atomic mass is 35.5. The molecule has 0 fully saturated rings. The Morgan fingerprint density at radius 3 is 2.67 bits per heavy atom. The number of carbonyl (C=O) groups is 1. The predicted molar refractivity (Wildman–Crippen MR) is 118 cm³/mol. The summed E-state index contributed by atoms with van der Waals surface area (Å²) in [5.74, 6) is -0.580. The average Bonchev–Trinajstić information content (AvgIpc) is 2.69. The van der Waals surface area contributed by atoms with Crippen LogP contribution in [0.15, 0.2) is 36.7 Å². The Labute approximate surface area is 180 Å². The predicted octanol–water partition coefficient (Wildman–Crippen LogP) is 6.09. The van der Waals surface area contributed by atoms with Gasteiger partial charge in [-0.1, -0.05) is 36.7 Å². The molecule has 0 radical (unpaired) electrons. The second-order valence-corrected chi connectivity index (χ2v) is 8.24. The van der Waals surface area contributed by atoms with Crippen molar-refractivity contribution in [2.75, 3.05) is 5.32 Å². The molecule has 158 valence electrons. The molecule has 0 aliphatic heterocycles. The number of aromatic nitrogens is 2. The van der Waals surface area contributed by atoms with Crippen molar-refractivity contribution in [1.29, 1.82) is 0 Å². The van der Waals surface area contributed by atoms with Crippen LogP contribution in [-0.4, -0.2) is 27.1 Å². The van der Waals surface area contributed by atoms with Gasteiger partial charge in [-0.2, -0.15) is 0 Å². The third-order valence-corrected chi connectivity index (χ3v) is 5.63. The maximum absolute atomic E-state index is 14.5. The molecule has 2 unspecified atom stereocenters. The summed E-state index contributed by atoms with van der Waals surface area (Å²) >= 11 is 6.31. The van der Waals surface area contributed by atoms with Gasteiger partial charge < -0.3 is 10.4 Å². The molecule has 2 atom stereocenters. The molecule has 2 aromatic carbocycles. The van der Waals surface area contributed by atoms with E-state index in [4.69, 9.17) is 16.7 Å². The van der Waals surface area contributed by atoms with Gasteiger partial charge in [0.1, 0.15) is 23.5 Å². The summed E-state index contributed by atoms with van der Waals surface area (Å²) in [6, 6.07) is 8.87. The Balaban J connectivity index is 1.94. The summed E-state index contributed by atoms with van der Waals surface area (Å²) in [6.07, 6.45) is 3.02. The highest BCUT2D eigenvalue weighted by molar-refractivity contribution is 6.31. The number of anilines is 1. The molecule has 1 heterocycles. The minimum absolute atomic E-state index is 0.0251. The number of halogens is 2. The summed E-state index contributed by atoms with van der Waals surface area (Å²) < 4.78 is 14.5. The number of fused-ring (bicyclic) bond motifs is 1. The lowest BCUT2D eigenvalue weighted by Gasteiger charge is -2.19. The first-order valence-electron chi connectivity index (χ1n) is 9.94. The summed E-state index contributed by atoms with van der Waals surface area (Å²) in [5, 5.41) is 13.5. The van der Waals surface area contributed by atoms with E-state index in [-0.39, 0.29) is 23.9 Å². The highest BCUT2D eigenvalue weighted by Gasteiger charge is 2.17. The number of nitrogens with zero attached hydrogens (tertiary/aromatic N) is 2. The number of carboxylic acid groups (broad SMARTS) is 1. The standard InChI is InChI=1S/C23H25ClFN3O2/c1-13(10-20(29)30)4-6-15(3)28-23-21-17(16-7-5-14(2)18(24)11-16)8-9-19(25)22(21)26-12-27-23/h5,7-9,11-13,15H,4,6,10H2,1-3H3,(H,29,30)(H,26,27,28). The zero-order chi connectivity index (χ0) is 21.8. The monoisotopic (exact) mass is 429 g/mol. The van der Waals surface area contributed by atoms with E-state index in [1.165, 1.54) is 12.4 Å². The summed E-state index contributed by atoms with van der Waals surface area (Å²) in [6.45, 7) is 5.86. The number of hydrogen-bond acceptors (Lipinski definition) is 4. The van der Waals surface area contributed by atoms with E-state index in [1.54, 1.807) is 6.07 Å². The molecule has 2 N–H and O–H groups in total. The molecule has 0 amide bonds. The lowest BCUT2D eigenvalue weighted by atomic mass is 9.98. The second kappa shape index (κ2) is 9.39. The highest BCUT2D eigenvalue weighted by Crippen LogP contribution is 2.35. The number of benzene rings is 2. The van der Waals surface area contributed by atoms with Gasteiger partial charge in [0.15, 0.2) is 0 Å². The van der Waals surface area contributed by atoms with Crippen LogP contribution < -0.4 is 5.32 Å². The normalized spacial score (nSPS) is 13.2. The lowest BCUT2D eigenvalue weighted by molar-refractivity contribution is -0.138. The average molecular weight is 430 g/mol. The first-order chi connectivity index (χ1) is 14.3. The number of carboxylic acids is 1. The fourth-order valence-electron chi connectivity index (χ4n) is 3.49. The molecule has 0 aliphatic carbocycles. The molecule has 3 rings (SSSR count). The first-order valence-corrected chi connectivity index (χ1v) is 10.3. The van der Waals surface area contributed by atoms with E-state index in [9.17, 15) is 9.18 Å². The topological polar surface area (TPSA) is 75.1 Å². The Morgan fingerprint density at radius 1 is 1.20 bits per heavy atom. The van der Waals surface area contributed by atoms with E-state index < -0.39 is 11.8 Å². The molecule has 5 nitrogen and oxygen atoms in total. The third-order valence-electron chi connectivity index (χ3n) is 5.22. The van der Waals surface area contributed by atoms with Crippen LogP contribution >= 0.6 is 11.6 Å². The maximum Gasteiger partial charge on any atom is 0.303 e. The molecule has 7 heteroatoms. The van der Waals surface area contributed by atoms with E-state index in [0.717, 1.165) is 29.5 Å². The van der Waals surface area contributed by atoms with Crippen molar-refractivity contribution in [3.63, 3.8) is 0 Å². The van der Waals surface area contributed by atoms with Gasteiger partial charge in [0.2, 0.25) is 0 Å². The first kappa shape index (κ1) is 22.0. The Bertz CT molecular complexity index is 1070. The van der Waals surface area contributed by atoms with Crippen LogP contribution in [0.1, 0.15) is 38.7 Å². The molecule has 30 heavy (non-hydrogen) atoms. The lowest BCUT2D eigenvalue weighted by Crippen LogP contribution is -2.18. The summed E-state index contributed by atoms with van der Waals surface area (Å²) in [5.41, 5.74) is 2.86. The summed E-state index contributed by atoms with van der Waals surface area (Å²) in [4.78, 5) is 19.4. The minimum atomic E-state index is -0.790. The Morgan fingerprint density at radius 2 is 1.97 bits per heavy atom. The Kier molecular flexibility index (Phi) is 6.87. The van der Waals surface area contributed by atoms with Crippen molar-refractivity contribution in [1.82, 2.24) is 9.97 Å². The summed E-state index contributed by atoms with van der Waals surface area (Å²) in [7, 11) is 0. The zero-order valence-electron chi connectivity index (χ0n) is 17.2. The van der Waals surface area contributed by atoms with Gasteiger partial charge in [0.05, 0.1) is 5.39 Å². The van der Waals surface area contributed by atoms with Gasteiger partial charge in [0.25, 0.3) is 0 Å². The number of rotatable bonds is 8. The number of nitrogens with one attached hydrogen (secondary N) is 1. The largest absolute Gasteiger partial charge is 0.481 e. The fourth-order valence-corrected chi connectivity index (χ4v) is 3.67. The van der Waals surface area contributed by atoms with Crippen LogP contribution in [-0.2, 0) is 4.79 Å². The molecule has 0 bridgehead atoms. The molecule has 0 saturated carbocycles. The fraction of sp³-hybridized carbons (Fsp3) is 0.348. The molecule has 1 aromatic heterocycles. The van der Waals surface area contributed by atoms with E-state index >= 15 is 0 Å². The van der Waals surface area contributed by atoms with Crippen molar-refractivity contribution < 1.29 is 14.3 Å². The molecular weight excluding hydrogens is 405 g/mol. The van der Waals surface area contributed by atoms with Gasteiger partial charge >= 0.3 is 5.97 Å². The van der Waals surface area contributed by atoms with E-state index in [0.29, 0.717) is 16.2 Å². The second-order valence-electron chi connectivity index (χ2n) is 7.83. The van der Waals surface area contributed by atoms with Gasteiger partial charge in [-0.25, -0.2) is 14.4 Å². The van der Waals surface area contributed by atoms with E-state index in [1.807, 2.05) is 39.0 Å². The van der Waals surface area contributed by atoms with Crippen molar-refractivity contribution in [2.45, 2.75) is 46.1 Å². The van der Waals surface area contributed by atoms with Gasteiger partial charge in [-0.3, -0.25) is 4.79 Å². The van der Waals surface area contributed by atoms with Crippen LogP contribution in [0, 0.1) is 18.7 Å². The van der Waals surface area contributed by atoms with Gasteiger partial charge in [-0.05, 0) is 61.4 Å². The zero-order valence-corrected chi connectivity index (χ0v) is 18.0. The van der Waals surface area contributed by atoms with Crippen molar-refractivity contribution >= 4 is 34.3 Å².